The average Bonchev–Trinajstić information content (AvgIpc) is 2.92. The van der Waals surface area contributed by atoms with Crippen LogP contribution in [0.1, 0.15) is 79.1 Å². The molecule has 4 aliphatic carbocycles. The van der Waals surface area contributed by atoms with Crippen LogP contribution < -0.4 is 0 Å². The molecule has 0 unspecified atom stereocenters. The van der Waals surface area contributed by atoms with E-state index in [4.69, 9.17) is 4.74 Å². The van der Waals surface area contributed by atoms with Gasteiger partial charge >= 0.3 is 5.97 Å². The number of ketones is 1. The van der Waals surface area contributed by atoms with E-state index < -0.39 is 0 Å². The third-order valence-corrected chi connectivity index (χ3v) is 8.95. The average molecular weight is 359 g/mol. The largest absolute Gasteiger partial charge is 0.463 e. The molecule has 0 aromatic carbocycles. The summed E-state index contributed by atoms with van der Waals surface area (Å²) in [5, 5.41) is 0. The lowest BCUT2D eigenvalue weighted by Crippen LogP contribution is -2.51. The molecule has 0 bridgehead atoms. The summed E-state index contributed by atoms with van der Waals surface area (Å²) in [6.07, 6.45) is 11.1. The maximum atomic E-state index is 11.9. The molecule has 144 valence electrons. The monoisotopic (exact) mass is 358 g/mol. The number of hydrogen-bond donors (Lipinski definition) is 0. The topological polar surface area (TPSA) is 43.4 Å². The minimum atomic E-state index is -0.148. The number of hydrogen-bond acceptors (Lipinski definition) is 3. The lowest BCUT2D eigenvalue weighted by molar-refractivity contribution is -0.152. The van der Waals surface area contributed by atoms with Crippen LogP contribution in [0.3, 0.4) is 0 Å². The van der Waals surface area contributed by atoms with Crippen molar-refractivity contribution in [3.8, 4) is 0 Å². The van der Waals surface area contributed by atoms with Gasteiger partial charge in [0, 0.05) is 19.3 Å². The van der Waals surface area contributed by atoms with Crippen LogP contribution >= 0.6 is 0 Å². The number of carbonyl (C=O) groups is 2. The van der Waals surface area contributed by atoms with Crippen LogP contribution in [0.15, 0.2) is 11.6 Å². The highest BCUT2D eigenvalue weighted by Crippen LogP contribution is 2.67. The van der Waals surface area contributed by atoms with Crippen LogP contribution in [0.5, 0.6) is 0 Å². The van der Waals surface area contributed by atoms with Crippen LogP contribution in [0, 0.1) is 34.5 Å². The summed E-state index contributed by atoms with van der Waals surface area (Å²) in [5.74, 6) is 2.95. The van der Waals surface area contributed by atoms with Gasteiger partial charge in [-0.3, -0.25) is 9.59 Å². The molecule has 3 fully saturated rings. The molecule has 26 heavy (non-hydrogen) atoms. The smallest absolute Gasteiger partial charge is 0.302 e. The van der Waals surface area contributed by atoms with Crippen molar-refractivity contribution in [1.82, 2.24) is 0 Å². The molecule has 0 amide bonds. The van der Waals surface area contributed by atoms with Crippen molar-refractivity contribution < 1.29 is 14.3 Å². The van der Waals surface area contributed by atoms with Crippen LogP contribution in [-0.4, -0.2) is 17.9 Å². The van der Waals surface area contributed by atoms with Gasteiger partial charge in [-0.25, -0.2) is 0 Å². The molecule has 0 aliphatic heterocycles. The Labute approximate surface area is 157 Å². The van der Waals surface area contributed by atoms with Crippen LogP contribution in [0.2, 0.25) is 0 Å². The summed E-state index contributed by atoms with van der Waals surface area (Å²) in [5.41, 5.74) is 2.00. The molecule has 4 rings (SSSR count). The van der Waals surface area contributed by atoms with E-state index in [1.54, 1.807) is 0 Å². The number of ether oxygens (including phenoxy) is 1. The number of esters is 1. The van der Waals surface area contributed by atoms with Gasteiger partial charge in [-0.05, 0) is 86.5 Å². The van der Waals surface area contributed by atoms with Crippen LogP contribution in [0.4, 0.5) is 0 Å². The molecule has 0 saturated heterocycles. The number of carbonyl (C=O) groups excluding carboxylic acids is 2. The molecule has 3 heteroatoms. The second kappa shape index (κ2) is 6.21. The fourth-order valence-corrected chi connectivity index (χ4v) is 7.71. The first-order valence-electron chi connectivity index (χ1n) is 10.7. The number of allylic oxidation sites excluding steroid dienone is 1. The van der Waals surface area contributed by atoms with E-state index in [0.29, 0.717) is 17.1 Å². The van der Waals surface area contributed by atoms with Crippen molar-refractivity contribution >= 4 is 11.8 Å². The SMILES string of the molecule is CC(=O)O[C@H](C)[C@@H]1CC[C@@H]2[C@H]3CCC4=CC(=O)CC[C@]4(C)[C@@H]3CC[C@@]21C. The summed E-state index contributed by atoms with van der Waals surface area (Å²) in [7, 11) is 0. The first-order valence-corrected chi connectivity index (χ1v) is 10.7. The highest BCUT2D eigenvalue weighted by Gasteiger charge is 2.59. The molecule has 0 radical (unpaired) electrons. The van der Waals surface area contributed by atoms with Crippen molar-refractivity contribution in [2.24, 2.45) is 34.5 Å². The van der Waals surface area contributed by atoms with Gasteiger partial charge in [0.05, 0.1) is 0 Å². The molecule has 4 aliphatic rings. The quantitative estimate of drug-likeness (QED) is 0.646. The number of rotatable bonds is 2. The molecule has 0 N–H and O–H groups in total. The van der Waals surface area contributed by atoms with Gasteiger partial charge in [0.2, 0.25) is 0 Å². The lowest BCUT2D eigenvalue weighted by atomic mass is 9.46. The Bertz CT molecular complexity index is 650. The van der Waals surface area contributed by atoms with E-state index in [0.717, 1.165) is 37.0 Å². The highest BCUT2D eigenvalue weighted by atomic mass is 16.5. The predicted octanol–water partition coefficient (Wildman–Crippen LogP) is 5.09. The Balaban J connectivity index is 1.59. The fourth-order valence-electron chi connectivity index (χ4n) is 7.71. The Morgan fingerprint density at radius 3 is 2.62 bits per heavy atom. The first kappa shape index (κ1) is 18.3. The summed E-state index contributed by atoms with van der Waals surface area (Å²) in [4.78, 5) is 23.4. The van der Waals surface area contributed by atoms with E-state index in [9.17, 15) is 9.59 Å². The molecule has 0 aromatic rings. The van der Waals surface area contributed by atoms with Gasteiger partial charge in [-0.2, -0.15) is 0 Å². The van der Waals surface area contributed by atoms with Crippen molar-refractivity contribution in [2.45, 2.75) is 85.2 Å². The van der Waals surface area contributed by atoms with E-state index in [2.05, 4.69) is 20.8 Å². The third kappa shape index (κ3) is 2.60. The van der Waals surface area contributed by atoms with E-state index >= 15 is 0 Å². The normalized spacial score (nSPS) is 45.8. The second-order valence-electron chi connectivity index (χ2n) is 10.0. The van der Waals surface area contributed by atoms with E-state index in [-0.39, 0.29) is 17.5 Å². The Morgan fingerprint density at radius 1 is 1.12 bits per heavy atom. The molecule has 0 aromatic heterocycles. The zero-order valence-corrected chi connectivity index (χ0v) is 16.8. The fraction of sp³-hybridized carbons (Fsp3) is 0.826. The summed E-state index contributed by atoms with van der Waals surface area (Å²) in [6.45, 7) is 8.55. The molecular formula is C23H34O3. The summed E-state index contributed by atoms with van der Waals surface area (Å²) >= 11 is 0. The van der Waals surface area contributed by atoms with Gasteiger partial charge in [0.15, 0.2) is 5.78 Å². The van der Waals surface area contributed by atoms with Crippen molar-refractivity contribution in [3.05, 3.63) is 11.6 Å². The van der Waals surface area contributed by atoms with E-state index in [1.807, 2.05) is 6.08 Å². The molecule has 0 spiro atoms. The molecule has 7 atom stereocenters. The predicted molar refractivity (Wildman–Crippen MR) is 101 cm³/mol. The summed E-state index contributed by atoms with van der Waals surface area (Å²) in [6, 6.07) is 0. The minimum Gasteiger partial charge on any atom is -0.463 e. The Hall–Kier alpha value is -1.12. The van der Waals surface area contributed by atoms with Gasteiger partial charge < -0.3 is 4.74 Å². The Morgan fingerprint density at radius 2 is 1.88 bits per heavy atom. The Kier molecular flexibility index (Phi) is 4.36. The van der Waals surface area contributed by atoms with Gasteiger partial charge in [0.25, 0.3) is 0 Å². The first-order chi connectivity index (χ1) is 12.3. The lowest BCUT2D eigenvalue weighted by Gasteiger charge is -2.58. The van der Waals surface area contributed by atoms with Gasteiger partial charge in [0.1, 0.15) is 6.10 Å². The standard InChI is InChI=1S/C23H34O3/c1-14(26-15(2)24)19-7-8-20-18-6-5-16-13-17(25)9-11-22(16,3)21(18)10-12-23(19,20)4/h13-14,18-21H,5-12H2,1-4H3/t14-,18-,19+,20-,21-,22+,23-/m1/s1. The van der Waals surface area contributed by atoms with E-state index in [1.165, 1.54) is 44.6 Å². The van der Waals surface area contributed by atoms with Crippen LogP contribution in [-0.2, 0) is 14.3 Å². The zero-order valence-electron chi connectivity index (χ0n) is 16.8. The summed E-state index contributed by atoms with van der Waals surface area (Å²) < 4.78 is 5.62. The number of fused-ring (bicyclic) bond motifs is 5. The maximum Gasteiger partial charge on any atom is 0.302 e. The second-order valence-corrected chi connectivity index (χ2v) is 10.0. The van der Waals surface area contributed by atoms with Crippen molar-refractivity contribution in [1.29, 1.82) is 0 Å². The van der Waals surface area contributed by atoms with Crippen molar-refractivity contribution in [3.63, 3.8) is 0 Å². The molecule has 3 saturated carbocycles. The molecule has 0 heterocycles. The minimum absolute atomic E-state index is 0.0287. The van der Waals surface area contributed by atoms with Crippen molar-refractivity contribution in [2.75, 3.05) is 0 Å². The zero-order chi connectivity index (χ0) is 18.7. The van der Waals surface area contributed by atoms with Crippen LogP contribution in [0.25, 0.3) is 0 Å². The van der Waals surface area contributed by atoms with Gasteiger partial charge in [-0.1, -0.05) is 19.4 Å². The maximum absolute atomic E-state index is 11.9. The van der Waals surface area contributed by atoms with Gasteiger partial charge in [-0.15, -0.1) is 0 Å². The molecular weight excluding hydrogens is 324 g/mol. The third-order valence-electron chi connectivity index (χ3n) is 8.95. The molecule has 3 nitrogen and oxygen atoms in total. The highest BCUT2D eigenvalue weighted by molar-refractivity contribution is 5.91.